The van der Waals surface area contributed by atoms with E-state index in [0.717, 1.165) is 52.0 Å². The van der Waals surface area contributed by atoms with Gasteiger partial charge in [-0.2, -0.15) is 0 Å². The number of piperidine rings is 1. The molecule has 1 N–H and O–H groups in total. The molecule has 3 heterocycles. The summed E-state index contributed by atoms with van der Waals surface area (Å²) in [5, 5.41) is 5.08. The molecule has 0 spiro atoms. The minimum Gasteiger partial charge on any atom is -0.379 e. The Kier molecular flexibility index (Phi) is 7.88. The molecule has 156 valence electrons. The lowest BCUT2D eigenvalue weighted by atomic mass is 9.99. The lowest BCUT2D eigenvalue weighted by molar-refractivity contribution is -0.127. The number of morpholine rings is 1. The van der Waals surface area contributed by atoms with Crippen molar-refractivity contribution in [3.05, 3.63) is 22.4 Å². The fourth-order valence-corrected chi connectivity index (χ4v) is 4.85. The molecule has 2 saturated heterocycles. The number of hydrogen-bond donors (Lipinski definition) is 1. The minimum atomic E-state index is -0.354. The Morgan fingerprint density at radius 3 is 2.71 bits per heavy atom. The van der Waals surface area contributed by atoms with E-state index in [0.29, 0.717) is 29.9 Å². The molecular weight excluding hydrogens is 374 g/mol. The molecule has 7 heteroatoms. The van der Waals surface area contributed by atoms with Gasteiger partial charge in [0.05, 0.1) is 18.1 Å². The predicted octanol–water partition coefficient (Wildman–Crippen LogP) is 2.61. The molecule has 0 bridgehead atoms. The number of thiophene rings is 1. The van der Waals surface area contributed by atoms with Gasteiger partial charge in [-0.05, 0) is 43.0 Å². The van der Waals surface area contributed by atoms with Gasteiger partial charge in [-0.25, -0.2) is 0 Å². The molecule has 1 aromatic heterocycles. The van der Waals surface area contributed by atoms with Crippen LogP contribution in [0.1, 0.15) is 49.2 Å². The van der Waals surface area contributed by atoms with Crippen molar-refractivity contribution in [1.82, 2.24) is 15.1 Å². The number of amides is 2. The highest BCUT2D eigenvalue weighted by Gasteiger charge is 2.33. The number of nitrogens with zero attached hydrogens (tertiary/aromatic N) is 2. The molecule has 0 aliphatic carbocycles. The molecule has 0 radical (unpaired) electrons. The van der Waals surface area contributed by atoms with Crippen molar-refractivity contribution in [2.45, 2.75) is 51.6 Å². The first kappa shape index (κ1) is 21.3. The van der Waals surface area contributed by atoms with E-state index in [4.69, 9.17) is 4.74 Å². The van der Waals surface area contributed by atoms with Gasteiger partial charge in [0.1, 0.15) is 6.04 Å². The van der Waals surface area contributed by atoms with E-state index in [-0.39, 0.29) is 17.9 Å². The van der Waals surface area contributed by atoms with E-state index in [1.807, 2.05) is 17.5 Å². The second-order valence-corrected chi connectivity index (χ2v) is 9.11. The second kappa shape index (κ2) is 10.4. The van der Waals surface area contributed by atoms with Gasteiger partial charge in [0.15, 0.2) is 0 Å². The van der Waals surface area contributed by atoms with Gasteiger partial charge >= 0.3 is 0 Å². The van der Waals surface area contributed by atoms with Crippen molar-refractivity contribution in [2.75, 3.05) is 39.4 Å². The molecular formula is C21H33N3O3S. The maximum absolute atomic E-state index is 13.0. The Bertz CT molecular complexity index is 629. The van der Waals surface area contributed by atoms with Crippen LogP contribution in [0.3, 0.4) is 0 Å². The fourth-order valence-electron chi connectivity index (χ4n) is 4.17. The molecule has 2 atom stereocenters. The molecule has 1 aromatic rings. The van der Waals surface area contributed by atoms with E-state index in [1.54, 1.807) is 4.90 Å². The summed E-state index contributed by atoms with van der Waals surface area (Å²) in [6.45, 7) is 9.08. The summed E-state index contributed by atoms with van der Waals surface area (Å²) >= 11 is 1.44. The number of carbonyl (C=O) groups is 2. The number of rotatable bonds is 7. The highest BCUT2D eigenvalue weighted by Crippen LogP contribution is 2.22. The van der Waals surface area contributed by atoms with Crippen LogP contribution in [-0.2, 0) is 9.53 Å². The monoisotopic (exact) mass is 407 g/mol. The SMILES string of the molecule is CC(C)CC(CNC(=O)C1CCCCN1C(=O)c1cccs1)N1CCOCC1. The Balaban J connectivity index is 1.61. The first-order valence-corrected chi connectivity index (χ1v) is 11.4. The van der Waals surface area contributed by atoms with Crippen LogP contribution in [-0.4, -0.2) is 73.1 Å². The summed E-state index contributed by atoms with van der Waals surface area (Å²) in [5.74, 6) is 0.546. The summed E-state index contributed by atoms with van der Waals surface area (Å²) in [7, 11) is 0. The van der Waals surface area contributed by atoms with E-state index < -0.39 is 0 Å². The predicted molar refractivity (Wildman–Crippen MR) is 112 cm³/mol. The highest BCUT2D eigenvalue weighted by atomic mass is 32.1. The van der Waals surface area contributed by atoms with Gasteiger partial charge < -0.3 is 15.0 Å². The summed E-state index contributed by atoms with van der Waals surface area (Å²) in [6.07, 6.45) is 3.74. The lowest BCUT2D eigenvalue weighted by Crippen LogP contribution is -2.55. The van der Waals surface area contributed by atoms with Gasteiger partial charge in [-0.15, -0.1) is 11.3 Å². The maximum Gasteiger partial charge on any atom is 0.264 e. The molecule has 2 fully saturated rings. The summed E-state index contributed by atoms with van der Waals surface area (Å²) < 4.78 is 5.48. The van der Waals surface area contributed by atoms with E-state index in [1.165, 1.54) is 11.3 Å². The van der Waals surface area contributed by atoms with Crippen LogP contribution in [0.25, 0.3) is 0 Å². The van der Waals surface area contributed by atoms with Crippen LogP contribution < -0.4 is 5.32 Å². The third-order valence-corrected chi connectivity index (χ3v) is 6.47. The van der Waals surface area contributed by atoms with Crippen molar-refractivity contribution in [2.24, 2.45) is 5.92 Å². The Morgan fingerprint density at radius 2 is 2.04 bits per heavy atom. The Hall–Kier alpha value is -1.44. The third kappa shape index (κ3) is 5.55. The van der Waals surface area contributed by atoms with Crippen LogP contribution in [0.2, 0.25) is 0 Å². The van der Waals surface area contributed by atoms with Crippen LogP contribution in [0.4, 0.5) is 0 Å². The van der Waals surface area contributed by atoms with Gasteiger partial charge in [0, 0.05) is 32.2 Å². The lowest BCUT2D eigenvalue weighted by Gasteiger charge is -2.37. The topological polar surface area (TPSA) is 61.9 Å². The van der Waals surface area contributed by atoms with Crippen molar-refractivity contribution in [3.63, 3.8) is 0 Å². The maximum atomic E-state index is 13.0. The Labute approximate surface area is 172 Å². The zero-order chi connectivity index (χ0) is 19.9. The average Bonchev–Trinajstić information content (AvgIpc) is 3.25. The van der Waals surface area contributed by atoms with Gasteiger partial charge in [0.2, 0.25) is 5.91 Å². The second-order valence-electron chi connectivity index (χ2n) is 8.16. The average molecular weight is 408 g/mol. The molecule has 0 saturated carbocycles. The molecule has 2 aliphatic rings. The van der Waals surface area contributed by atoms with Gasteiger partial charge in [0.25, 0.3) is 5.91 Å². The summed E-state index contributed by atoms with van der Waals surface area (Å²) in [4.78, 5) is 30.8. The van der Waals surface area contributed by atoms with Crippen LogP contribution in [0.5, 0.6) is 0 Å². The summed E-state index contributed by atoms with van der Waals surface area (Å²) in [5.41, 5.74) is 0. The molecule has 2 aliphatic heterocycles. The summed E-state index contributed by atoms with van der Waals surface area (Å²) in [6, 6.07) is 3.69. The van der Waals surface area contributed by atoms with Crippen molar-refractivity contribution >= 4 is 23.2 Å². The molecule has 2 unspecified atom stereocenters. The quantitative estimate of drug-likeness (QED) is 0.755. The first-order valence-electron chi connectivity index (χ1n) is 10.5. The van der Waals surface area contributed by atoms with Gasteiger partial charge in [-0.3, -0.25) is 14.5 Å². The zero-order valence-electron chi connectivity index (χ0n) is 17.1. The van der Waals surface area contributed by atoms with Crippen molar-refractivity contribution in [1.29, 1.82) is 0 Å². The van der Waals surface area contributed by atoms with Gasteiger partial charge in [-0.1, -0.05) is 19.9 Å². The normalized spacial score (nSPS) is 22.2. The molecule has 28 heavy (non-hydrogen) atoms. The third-order valence-electron chi connectivity index (χ3n) is 5.62. The van der Waals surface area contributed by atoms with Crippen LogP contribution >= 0.6 is 11.3 Å². The van der Waals surface area contributed by atoms with E-state index in [9.17, 15) is 9.59 Å². The van der Waals surface area contributed by atoms with Crippen LogP contribution in [0.15, 0.2) is 17.5 Å². The molecule has 0 aromatic carbocycles. The van der Waals surface area contributed by atoms with E-state index in [2.05, 4.69) is 24.1 Å². The van der Waals surface area contributed by atoms with Crippen molar-refractivity contribution in [3.8, 4) is 0 Å². The highest BCUT2D eigenvalue weighted by molar-refractivity contribution is 7.12. The van der Waals surface area contributed by atoms with E-state index >= 15 is 0 Å². The molecule has 2 amide bonds. The standard InChI is InChI=1S/C21H33N3O3S/c1-16(2)14-17(23-9-11-27-12-10-23)15-22-20(25)18-6-3-4-8-24(18)21(26)19-7-5-13-28-19/h5,7,13,16-18H,3-4,6,8-12,14-15H2,1-2H3,(H,22,25). The molecule has 3 rings (SSSR count). The first-order chi connectivity index (χ1) is 13.6. The molecule has 6 nitrogen and oxygen atoms in total. The fraction of sp³-hybridized carbons (Fsp3) is 0.714. The van der Waals surface area contributed by atoms with Crippen LogP contribution in [0, 0.1) is 5.92 Å². The van der Waals surface area contributed by atoms with Crippen molar-refractivity contribution < 1.29 is 14.3 Å². The Morgan fingerprint density at radius 1 is 1.25 bits per heavy atom. The minimum absolute atomic E-state index is 0.00776. The number of hydrogen-bond acceptors (Lipinski definition) is 5. The largest absolute Gasteiger partial charge is 0.379 e. The zero-order valence-corrected chi connectivity index (χ0v) is 17.9. The number of ether oxygens (including phenoxy) is 1. The number of nitrogens with one attached hydrogen (secondary N) is 1. The number of likely N-dealkylation sites (tertiary alicyclic amines) is 1. The smallest absolute Gasteiger partial charge is 0.264 e. The number of carbonyl (C=O) groups excluding carboxylic acids is 2.